The van der Waals surface area contributed by atoms with E-state index in [0.29, 0.717) is 17.4 Å². The number of anilines is 2. The average Bonchev–Trinajstić information content (AvgIpc) is 3.05. The van der Waals surface area contributed by atoms with E-state index in [4.69, 9.17) is 5.73 Å². The maximum Gasteiger partial charge on any atom is 0.191 e. The molecule has 0 saturated carbocycles. The Balaban J connectivity index is 1.96. The summed E-state index contributed by atoms with van der Waals surface area (Å²) >= 11 is 3.10. The van der Waals surface area contributed by atoms with E-state index in [-0.39, 0.29) is 17.1 Å². The number of fused-ring (bicyclic) bond motifs is 1. The highest BCUT2D eigenvalue weighted by molar-refractivity contribution is 7.98. The maximum absolute atomic E-state index is 13.0. The van der Waals surface area contributed by atoms with Crippen LogP contribution in [0.1, 0.15) is 43.0 Å². The summed E-state index contributed by atoms with van der Waals surface area (Å²) in [5.74, 6) is 1.20. The molecule has 3 N–H and O–H groups in total. The smallest absolute Gasteiger partial charge is 0.191 e. The van der Waals surface area contributed by atoms with Crippen LogP contribution in [0.25, 0.3) is 0 Å². The van der Waals surface area contributed by atoms with E-state index in [1.807, 2.05) is 17.7 Å². The topological polar surface area (TPSA) is 80.9 Å². The monoisotopic (exact) mass is 372 g/mol. The first-order valence-electron chi connectivity index (χ1n) is 8.18. The van der Waals surface area contributed by atoms with Crippen LogP contribution in [-0.2, 0) is 4.79 Å². The number of thiophene rings is 1. The lowest BCUT2D eigenvalue weighted by Gasteiger charge is -2.38. The van der Waals surface area contributed by atoms with Gasteiger partial charge in [-0.05, 0) is 29.5 Å². The number of hydrogen-bond donors (Lipinski definition) is 2. The summed E-state index contributed by atoms with van der Waals surface area (Å²) < 4.78 is 0. The van der Waals surface area contributed by atoms with Crippen LogP contribution in [0.15, 0.2) is 33.9 Å². The van der Waals surface area contributed by atoms with E-state index in [1.54, 1.807) is 11.3 Å². The summed E-state index contributed by atoms with van der Waals surface area (Å²) in [5, 5.41) is 6.08. The Bertz CT molecular complexity index is 887. The van der Waals surface area contributed by atoms with Gasteiger partial charge in [-0.25, -0.2) is 9.97 Å². The van der Waals surface area contributed by atoms with Crippen molar-refractivity contribution < 1.29 is 4.79 Å². The number of carbonyl (C=O) groups is 1. The predicted molar refractivity (Wildman–Crippen MR) is 103 cm³/mol. The fourth-order valence-electron chi connectivity index (χ4n) is 3.75. The third kappa shape index (κ3) is 2.75. The molecule has 0 amide bonds. The number of rotatable bonds is 2. The quantitative estimate of drug-likeness (QED) is 0.612. The van der Waals surface area contributed by atoms with Crippen LogP contribution < -0.4 is 11.1 Å². The Kier molecular flexibility index (Phi) is 3.88. The van der Waals surface area contributed by atoms with Crippen molar-refractivity contribution in [1.29, 1.82) is 0 Å². The predicted octanol–water partition coefficient (Wildman–Crippen LogP) is 4.04. The average molecular weight is 373 g/mol. The zero-order valence-corrected chi connectivity index (χ0v) is 16.1. The molecule has 0 radical (unpaired) electrons. The van der Waals surface area contributed by atoms with Gasteiger partial charge in [0.1, 0.15) is 11.6 Å². The third-order valence-electron chi connectivity index (χ3n) is 4.73. The van der Waals surface area contributed by atoms with Gasteiger partial charge in [-0.3, -0.25) is 4.79 Å². The van der Waals surface area contributed by atoms with Crippen molar-refractivity contribution in [3.8, 4) is 0 Å². The van der Waals surface area contributed by atoms with E-state index in [1.165, 1.54) is 11.8 Å². The zero-order chi connectivity index (χ0) is 17.8. The molecule has 130 valence electrons. The van der Waals surface area contributed by atoms with Crippen molar-refractivity contribution in [3.63, 3.8) is 0 Å². The molecule has 2 aliphatic rings. The molecule has 0 aromatic carbocycles. The van der Waals surface area contributed by atoms with Gasteiger partial charge in [0.25, 0.3) is 0 Å². The van der Waals surface area contributed by atoms with Gasteiger partial charge in [-0.2, -0.15) is 0 Å². The second kappa shape index (κ2) is 5.85. The molecule has 0 fully saturated rings. The first kappa shape index (κ1) is 16.6. The second-order valence-electron chi connectivity index (χ2n) is 7.26. The van der Waals surface area contributed by atoms with Gasteiger partial charge in [0.2, 0.25) is 0 Å². The third-order valence-corrected chi connectivity index (χ3v) is 6.22. The van der Waals surface area contributed by atoms with Gasteiger partial charge in [-0.1, -0.05) is 31.7 Å². The van der Waals surface area contributed by atoms with E-state index >= 15 is 0 Å². The number of carbonyl (C=O) groups excluding carboxylic acids is 1. The highest BCUT2D eigenvalue weighted by Gasteiger charge is 2.42. The van der Waals surface area contributed by atoms with Crippen molar-refractivity contribution in [1.82, 2.24) is 9.97 Å². The van der Waals surface area contributed by atoms with Crippen molar-refractivity contribution in [3.05, 3.63) is 39.2 Å². The summed E-state index contributed by atoms with van der Waals surface area (Å²) in [4.78, 5) is 23.2. The zero-order valence-electron chi connectivity index (χ0n) is 14.4. The molecule has 2 aromatic rings. The van der Waals surface area contributed by atoms with Crippen molar-refractivity contribution in [2.24, 2.45) is 5.41 Å². The van der Waals surface area contributed by atoms with Crippen LogP contribution in [0.2, 0.25) is 0 Å². The molecule has 7 heteroatoms. The molecule has 1 aliphatic heterocycles. The van der Waals surface area contributed by atoms with Gasteiger partial charge in [0.05, 0.1) is 5.92 Å². The highest BCUT2D eigenvalue weighted by Crippen LogP contribution is 2.50. The fourth-order valence-corrected chi connectivity index (χ4v) is 4.96. The Morgan fingerprint density at radius 2 is 2.16 bits per heavy atom. The van der Waals surface area contributed by atoms with E-state index < -0.39 is 0 Å². The first-order chi connectivity index (χ1) is 11.9. The molecule has 4 rings (SSSR count). The second-order valence-corrected chi connectivity index (χ2v) is 9.02. The van der Waals surface area contributed by atoms with Crippen molar-refractivity contribution in [2.75, 3.05) is 17.3 Å². The number of nitrogen functional groups attached to an aromatic ring is 1. The van der Waals surface area contributed by atoms with E-state index in [9.17, 15) is 4.79 Å². The number of nitrogens with one attached hydrogen (secondary N) is 1. The van der Waals surface area contributed by atoms with Crippen molar-refractivity contribution in [2.45, 2.75) is 37.8 Å². The minimum absolute atomic E-state index is 0.0542. The highest BCUT2D eigenvalue weighted by atomic mass is 32.2. The molecule has 3 heterocycles. The summed E-state index contributed by atoms with van der Waals surface area (Å²) in [6.45, 7) is 4.27. The first-order valence-corrected chi connectivity index (χ1v) is 10.3. The normalized spacial score (nSPS) is 21.6. The summed E-state index contributed by atoms with van der Waals surface area (Å²) in [5.41, 5.74) is 8.89. The number of nitrogens with two attached hydrogens (primary N) is 1. The lowest BCUT2D eigenvalue weighted by Crippen LogP contribution is -2.34. The van der Waals surface area contributed by atoms with Gasteiger partial charge >= 0.3 is 0 Å². The number of Topliss-reactive ketones (excluding diaryl/α,β-unsaturated/α-hetero) is 1. The standard InChI is InChI=1S/C18H20N4OS2/c1-18(2)7-9-12(10(23)8-18)13(11-5-4-6-25-11)14-15(19)21-17(24-3)22-16(14)20-9/h4-6,13H,7-8H2,1-3H3,(H3,19,20,21,22)/t13-/m1/s1. The van der Waals surface area contributed by atoms with Crippen LogP contribution in [0.5, 0.6) is 0 Å². The lowest BCUT2D eigenvalue weighted by atomic mass is 9.70. The maximum atomic E-state index is 13.0. The van der Waals surface area contributed by atoms with Crippen LogP contribution >= 0.6 is 23.1 Å². The molecule has 0 saturated heterocycles. The number of hydrogen-bond acceptors (Lipinski definition) is 7. The Hall–Kier alpha value is -1.86. The van der Waals surface area contributed by atoms with Crippen LogP contribution in [0.3, 0.4) is 0 Å². The molecule has 0 spiro atoms. The van der Waals surface area contributed by atoms with Crippen LogP contribution in [0.4, 0.5) is 11.6 Å². The molecule has 0 bridgehead atoms. The molecule has 2 aromatic heterocycles. The van der Waals surface area contributed by atoms with Crippen LogP contribution in [-0.4, -0.2) is 22.0 Å². The molecule has 1 aliphatic carbocycles. The van der Waals surface area contributed by atoms with Gasteiger partial charge < -0.3 is 11.1 Å². The number of allylic oxidation sites excluding steroid dienone is 2. The molecular weight excluding hydrogens is 352 g/mol. The van der Waals surface area contributed by atoms with Crippen molar-refractivity contribution >= 4 is 40.5 Å². The Morgan fingerprint density at radius 1 is 1.36 bits per heavy atom. The van der Waals surface area contributed by atoms with Gasteiger partial charge in [0, 0.05) is 28.1 Å². The minimum Gasteiger partial charge on any atom is -0.383 e. The SMILES string of the molecule is CSc1nc(N)c2c(n1)NC1=C(C(=O)CC(C)(C)C1)[C@H]2c1cccs1. The number of ketones is 1. The molecule has 25 heavy (non-hydrogen) atoms. The number of aromatic nitrogens is 2. The molecule has 5 nitrogen and oxygen atoms in total. The molecular formula is C18H20N4OS2. The van der Waals surface area contributed by atoms with Gasteiger partial charge in [-0.15, -0.1) is 11.3 Å². The summed E-state index contributed by atoms with van der Waals surface area (Å²) in [6.07, 6.45) is 3.31. The minimum atomic E-state index is -0.175. The van der Waals surface area contributed by atoms with E-state index in [2.05, 4.69) is 35.2 Å². The largest absolute Gasteiger partial charge is 0.383 e. The summed E-state index contributed by atoms with van der Waals surface area (Å²) in [6, 6.07) is 4.07. The molecule has 0 unspecified atom stereocenters. The van der Waals surface area contributed by atoms with Gasteiger partial charge in [0.15, 0.2) is 10.9 Å². The number of nitrogens with zero attached hydrogens (tertiary/aromatic N) is 2. The fraction of sp³-hybridized carbons (Fsp3) is 0.389. The van der Waals surface area contributed by atoms with Crippen LogP contribution in [0, 0.1) is 5.41 Å². The Morgan fingerprint density at radius 3 is 2.84 bits per heavy atom. The summed E-state index contributed by atoms with van der Waals surface area (Å²) in [7, 11) is 0. The number of thioether (sulfide) groups is 1. The molecule has 1 atom stereocenters. The Labute approximate surface area is 155 Å². The lowest BCUT2D eigenvalue weighted by molar-refractivity contribution is -0.118. The van der Waals surface area contributed by atoms with E-state index in [0.717, 1.165) is 33.9 Å².